The number of benzene rings is 1. The summed E-state index contributed by atoms with van der Waals surface area (Å²) < 4.78 is 10.2. The van der Waals surface area contributed by atoms with E-state index in [9.17, 15) is 0 Å². The largest absolute Gasteiger partial charge is 0.484 e. The van der Waals surface area contributed by atoms with Crippen molar-refractivity contribution in [3.05, 3.63) is 29.3 Å². The van der Waals surface area contributed by atoms with Gasteiger partial charge in [-0.15, -0.1) is 12.4 Å². The number of ether oxygens (including phenoxy) is 2. The Hall–Kier alpha value is -0.930. The van der Waals surface area contributed by atoms with E-state index in [0.717, 1.165) is 0 Å². The van der Waals surface area contributed by atoms with Gasteiger partial charge in [-0.05, 0) is 31.2 Å². The molecule has 0 atom stereocenters. The highest BCUT2D eigenvalue weighted by atomic mass is 35.5. The summed E-state index contributed by atoms with van der Waals surface area (Å²) in [4.78, 5) is 0. The van der Waals surface area contributed by atoms with Gasteiger partial charge in [0, 0.05) is 5.02 Å². The molecule has 0 bridgehead atoms. The first-order valence-electron chi connectivity index (χ1n) is 4.31. The number of nitrogens with one attached hydrogen (secondary N) is 1. The molecule has 0 saturated carbocycles. The number of hydrogen-bond donors (Lipinski definition) is 1. The van der Waals surface area contributed by atoms with Gasteiger partial charge in [-0.1, -0.05) is 11.6 Å². The van der Waals surface area contributed by atoms with Crippen molar-refractivity contribution < 1.29 is 9.47 Å². The second kappa shape index (κ2) is 7.37. The maximum Gasteiger partial charge on any atom is 0.219 e. The Balaban J connectivity index is 0.00000196. The van der Waals surface area contributed by atoms with Gasteiger partial charge in [-0.3, -0.25) is 5.41 Å². The van der Waals surface area contributed by atoms with Crippen LogP contribution in [0.5, 0.6) is 5.75 Å². The molecule has 0 aliphatic rings. The molecule has 0 radical (unpaired) electrons. The zero-order valence-corrected chi connectivity index (χ0v) is 9.90. The molecule has 0 saturated heterocycles. The fourth-order valence-corrected chi connectivity index (χ4v) is 1.02. The first-order valence-corrected chi connectivity index (χ1v) is 4.68. The monoisotopic (exact) mass is 249 g/mol. The molecule has 0 heterocycles. The van der Waals surface area contributed by atoms with Crippen LogP contribution in [-0.2, 0) is 4.74 Å². The quantitative estimate of drug-likeness (QED) is 0.658. The molecule has 1 N–H and O–H groups in total. The van der Waals surface area contributed by atoms with Crippen molar-refractivity contribution in [3.63, 3.8) is 0 Å². The lowest BCUT2D eigenvalue weighted by atomic mass is 10.3. The number of rotatable bonds is 4. The van der Waals surface area contributed by atoms with Crippen LogP contribution in [0.2, 0.25) is 5.02 Å². The minimum Gasteiger partial charge on any atom is -0.484 e. The molecule has 0 unspecified atom stereocenters. The summed E-state index contributed by atoms with van der Waals surface area (Å²) in [7, 11) is 0. The number of hydrogen-bond acceptors (Lipinski definition) is 3. The minimum absolute atomic E-state index is 0. The molecule has 3 nitrogen and oxygen atoms in total. The van der Waals surface area contributed by atoms with Crippen molar-refractivity contribution >= 4 is 29.9 Å². The fourth-order valence-electron chi connectivity index (χ4n) is 0.896. The molecule has 0 amide bonds. The Morgan fingerprint density at radius 2 is 1.93 bits per heavy atom. The summed E-state index contributed by atoms with van der Waals surface area (Å²) in [5.74, 6) is 0.807. The minimum atomic E-state index is 0. The second-order valence-corrected chi connectivity index (χ2v) is 3.04. The molecule has 5 heteroatoms. The van der Waals surface area contributed by atoms with Crippen molar-refractivity contribution in [2.24, 2.45) is 0 Å². The highest BCUT2D eigenvalue weighted by Crippen LogP contribution is 2.15. The van der Waals surface area contributed by atoms with Gasteiger partial charge in [-0.2, -0.15) is 0 Å². The second-order valence-electron chi connectivity index (χ2n) is 2.60. The molecule has 0 fully saturated rings. The third kappa shape index (κ3) is 5.50. The Morgan fingerprint density at radius 3 is 2.47 bits per heavy atom. The normalized spacial score (nSPS) is 8.93. The highest BCUT2D eigenvalue weighted by Gasteiger charge is 1.98. The molecule has 1 aromatic carbocycles. The molecule has 0 aliphatic heterocycles. The molecule has 15 heavy (non-hydrogen) atoms. The van der Waals surface area contributed by atoms with Gasteiger partial charge >= 0.3 is 0 Å². The third-order valence-electron chi connectivity index (χ3n) is 1.50. The molecule has 0 spiro atoms. The lowest BCUT2D eigenvalue weighted by molar-refractivity contribution is 0.273. The Bertz CT molecular complexity index is 301. The van der Waals surface area contributed by atoms with Gasteiger partial charge in [0.25, 0.3) is 0 Å². The summed E-state index contributed by atoms with van der Waals surface area (Å²) in [5, 5.41) is 7.97. The molecular weight excluding hydrogens is 237 g/mol. The Morgan fingerprint density at radius 1 is 1.33 bits per heavy atom. The van der Waals surface area contributed by atoms with E-state index >= 15 is 0 Å². The molecule has 1 rings (SSSR count). The van der Waals surface area contributed by atoms with Gasteiger partial charge < -0.3 is 9.47 Å². The predicted octanol–water partition coefficient (Wildman–Crippen LogP) is 3.15. The van der Waals surface area contributed by atoms with E-state index < -0.39 is 0 Å². The van der Waals surface area contributed by atoms with E-state index in [1.165, 1.54) is 0 Å². The standard InChI is InChI=1S/C10H12ClNO2.ClH/c1-2-13-10(12)7-14-9-5-3-8(11)4-6-9;/h3-6,12H,2,7H2,1H3;1H. The van der Waals surface area contributed by atoms with E-state index in [0.29, 0.717) is 17.4 Å². The van der Waals surface area contributed by atoms with Crippen molar-refractivity contribution in [2.75, 3.05) is 13.2 Å². The Kier molecular flexibility index (Phi) is 6.92. The zero-order chi connectivity index (χ0) is 10.4. The topological polar surface area (TPSA) is 42.3 Å². The molecule has 84 valence electrons. The average molecular weight is 250 g/mol. The fraction of sp³-hybridized carbons (Fsp3) is 0.300. The summed E-state index contributed by atoms with van der Waals surface area (Å²) in [6.07, 6.45) is 0. The molecule has 0 aliphatic carbocycles. The maximum absolute atomic E-state index is 7.31. The van der Waals surface area contributed by atoms with Crippen molar-refractivity contribution in [2.45, 2.75) is 6.92 Å². The van der Waals surface area contributed by atoms with Crippen LogP contribution in [0.1, 0.15) is 6.92 Å². The SMILES string of the molecule is CCOC(=N)COc1ccc(Cl)cc1.Cl. The van der Waals surface area contributed by atoms with E-state index in [-0.39, 0.29) is 24.9 Å². The number of halogens is 2. The van der Waals surface area contributed by atoms with E-state index in [4.69, 9.17) is 26.5 Å². The van der Waals surface area contributed by atoms with Crippen LogP contribution < -0.4 is 4.74 Å². The summed E-state index contributed by atoms with van der Waals surface area (Å²) >= 11 is 5.70. The van der Waals surface area contributed by atoms with Crippen LogP contribution in [0, 0.1) is 5.41 Å². The van der Waals surface area contributed by atoms with Crippen molar-refractivity contribution in [3.8, 4) is 5.75 Å². The lowest BCUT2D eigenvalue weighted by Crippen LogP contribution is -2.13. The van der Waals surface area contributed by atoms with E-state index in [1.807, 2.05) is 6.92 Å². The van der Waals surface area contributed by atoms with Crippen molar-refractivity contribution in [1.82, 2.24) is 0 Å². The van der Waals surface area contributed by atoms with Crippen LogP contribution in [-0.4, -0.2) is 19.1 Å². The van der Waals surface area contributed by atoms with E-state index in [2.05, 4.69) is 0 Å². The first kappa shape index (κ1) is 14.1. The van der Waals surface area contributed by atoms with Gasteiger partial charge in [0.05, 0.1) is 6.61 Å². The highest BCUT2D eigenvalue weighted by molar-refractivity contribution is 6.30. The predicted molar refractivity (Wildman–Crippen MR) is 63.5 cm³/mol. The van der Waals surface area contributed by atoms with Crippen molar-refractivity contribution in [1.29, 1.82) is 5.41 Å². The average Bonchev–Trinajstić information content (AvgIpc) is 2.17. The summed E-state index contributed by atoms with van der Waals surface area (Å²) in [6.45, 7) is 2.47. The van der Waals surface area contributed by atoms with Crippen LogP contribution in [0.25, 0.3) is 0 Å². The zero-order valence-electron chi connectivity index (χ0n) is 8.33. The van der Waals surface area contributed by atoms with Gasteiger partial charge in [0.1, 0.15) is 5.75 Å². The van der Waals surface area contributed by atoms with Gasteiger partial charge in [0.2, 0.25) is 5.90 Å². The molecular formula is C10H13Cl2NO2. The van der Waals surface area contributed by atoms with Gasteiger partial charge in [0.15, 0.2) is 6.61 Å². The van der Waals surface area contributed by atoms with Crippen LogP contribution in [0.3, 0.4) is 0 Å². The van der Waals surface area contributed by atoms with Crippen LogP contribution in [0.4, 0.5) is 0 Å². The van der Waals surface area contributed by atoms with Gasteiger partial charge in [-0.25, -0.2) is 0 Å². The maximum atomic E-state index is 7.31. The summed E-state index contributed by atoms with van der Waals surface area (Å²) in [6, 6.07) is 6.98. The summed E-state index contributed by atoms with van der Waals surface area (Å²) in [5.41, 5.74) is 0. The van der Waals surface area contributed by atoms with Crippen LogP contribution in [0.15, 0.2) is 24.3 Å². The van der Waals surface area contributed by atoms with Crippen LogP contribution >= 0.6 is 24.0 Å². The lowest BCUT2D eigenvalue weighted by Gasteiger charge is -2.07. The Labute approximate surface area is 100 Å². The third-order valence-corrected chi connectivity index (χ3v) is 1.75. The van der Waals surface area contributed by atoms with E-state index in [1.54, 1.807) is 24.3 Å². The first-order chi connectivity index (χ1) is 6.72. The smallest absolute Gasteiger partial charge is 0.219 e. The molecule has 0 aromatic heterocycles. The molecule has 1 aromatic rings.